The van der Waals surface area contributed by atoms with E-state index in [-0.39, 0.29) is 18.2 Å². The molecule has 0 bridgehead atoms. The third-order valence-electron chi connectivity index (χ3n) is 4.28. The zero-order chi connectivity index (χ0) is 18.2. The van der Waals surface area contributed by atoms with Crippen LogP contribution in [0.3, 0.4) is 0 Å². The van der Waals surface area contributed by atoms with Crippen LogP contribution in [-0.2, 0) is 9.47 Å². The van der Waals surface area contributed by atoms with Gasteiger partial charge in [0.15, 0.2) is 16.8 Å². The summed E-state index contributed by atoms with van der Waals surface area (Å²) in [6.45, 7) is 5.78. The number of hydrogen-bond donors (Lipinski definition) is 3. The lowest BCUT2D eigenvalue weighted by Gasteiger charge is -2.24. The molecule has 0 radical (unpaired) electrons. The van der Waals surface area contributed by atoms with Crippen LogP contribution < -0.4 is 15.8 Å². The highest BCUT2D eigenvalue weighted by molar-refractivity contribution is 7.99. The molecule has 9 heteroatoms. The number of methoxy groups -OCH3 is 1. The normalized spacial score (nSPS) is 30.3. The van der Waals surface area contributed by atoms with Gasteiger partial charge in [0.1, 0.15) is 17.9 Å². The van der Waals surface area contributed by atoms with Crippen molar-refractivity contribution < 1.29 is 19.3 Å². The van der Waals surface area contributed by atoms with Crippen LogP contribution >= 0.6 is 11.8 Å². The molecule has 2 fully saturated rings. The predicted octanol–water partition coefficient (Wildman–Crippen LogP) is 1.63. The molecule has 140 valence electrons. The Labute approximate surface area is 151 Å². The van der Waals surface area contributed by atoms with Crippen molar-refractivity contribution in [1.82, 2.24) is 9.97 Å². The fourth-order valence-electron chi connectivity index (χ4n) is 3.22. The molecule has 3 rings (SSSR count). The maximum atomic E-state index is 10.3. The number of hydrogen-bond acceptors (Lipinski definition) is 9. The van der Waals surface area contributed by atoms with Crippen LogP contribution in [-0.4, -0.2) is 58.1 Å². The first kappa shape index (κ1) is 18.5. The highest BCUT2D eigenvalue weighted by Crippen LogP contribution is 2.40. The Morgan fingerprint density at radius 3 is 2.76 bits per heavy atom. The van der Waals surface area contributed by atoms with E-state index in [0.717, 1.165) is 12.2 Å². The van der Waals surface area contributed by atoms with Crippen molar-refractivity contribution in [3.8, 4) is 5.88 Å². The molecule has 1 saturated carbocycles. The molecule has 2 aliphatic rings. The van der Waals surface area contributed by atoms with Crippen molar-refractivity contribution in [2.45, 2.75) is 68.9 Å². The van der Waals surface area contributed by atoms with Crippen molar-refractivity contribution in [2.75, 3.05) is 23.9 Å². The van der Waals surface area contributed by atoms with E-state index in [1.165, 1.54) is 7.11 Å². The average Bonchev–Trinajstić information content (AvgIpc) is 3.02. The number of ether oxygens (including phenoxy) is 3. The van der Waals surface area contributed by atoms with Crippen molar-refractivity contribution in [3.05, 3.63) is 0 Å². The maximum absolute atomic E-state index is 10.3. The molecule has 0 unspecified atom stereocenters. The van der Waals surface area contributed by atoms with Gasteiger partial charge < -0.3 is 30.4 Å². The summed E-state index contributed by atoms with van der Waals surface area (Å²) in [4.78, 5) is 8.84. The molecule has 0 amide bonds. The van der Waals surface area contributed by atoms with Crippen LogP contribution in [0.2, 0.25) is 0 Å². The Morgan fingerprint density at radius 2 is 2.08 bits per heavy atom. The number of thioether (sulfide) groups is 1. The molecule has 0 spiro atoms. The van der Waals surface area contributed by atoms with E-state index < -0.39 is 11.9 Å². The van der Waals surface area contributed by atoms with Gasteiger partial charge in [-0.2, -0.15) is 4.98 Å². The number of nitrogen functional groups attached to an aromatic ring is 1. The Bertz CT molecular complexity index is 630. The van der Waals surface area contributed by atoms with Crippen molar-refractivity contribution >= 4 is 23.3 Å². The minimum absolute atomic E-state index is 0.160. The lowest BCUT2D eigenvalue weighted by molar-refractivity contribution is -0.162. The second kappa shape index (κ2) is 7.14. The van der Waals surface area contributed by atoms with Gasteiger partial charge in [0.2, 0.25) is 5.88 Å². The lowest BCUT2D eigenvalue weighted by Crippen LogP contribution is -2.35. The largest absolute Gasteiger partial charge is 0.479 e. The summed E-state index contributed by atoms with van der Waals surface area (Å²) < 4.78 is 17.0. The highest BCUT2D eigenvalue weighted by Gasteiger charge is 2.53. The molecule has 4 N–H and O–H groups in total. The first-order chi connectivity index (χ1) is 11.8. The predicted molar refractivity (Wildman–Crippen MR) is 95.9 cm³/mol. The van der Waals surface area contributed by atoms with Crippen LogP contribution in [0.15, 0.2) is 5.16 Å². The summed E-state index contributed by atoms with van der Waals surface area (Å²) in [7, 11) is 1.53. The van der Waals surface area contributed by atoms with Crippen LogP contribution in [0.4, 0.5) is 11.5 Å². The van der Waals surface area contributed by atoms with Gasteiger partial charge >= 0.3 is 0 Å². The Morgan fingerprint density at radius 1 is 1.36 bits per heavy atom. The van der Waals surface area contributed by atoms with Gasteiger partial charge in [0.05, 0.1) is 19.3 Å². The first-order valence-corrected chi connectivity index (χ1v) is 9.47. The minimum atomic E-state index is -0.715. The Kier molecular flexibility index (Phi) is 5.29. The second-order valence-electron chi connectivity index (χ2n) is 6.74. The summed E-state index contributed by atoms with van der Waals surface area (Å²) in [5.41, 5.74) is 6.49. The third kappa shape index (κ3) is 3.79. The average molecular weight is 370 g/mol. The summed E-state index contributed by atoms with van der Waals surface area (Å²) in [5.74, 6) is 1.03. The lowest BCUT2D eigenvalue weighted by atomic mass is 10.2. The molecule has 1 aliphatic heterocycles. The van der Waals surface area contributed by atoms with Gasteiger partial charge in [-0.25, -0.2) is 4.98 Å². The zero-order valence-electron chi connectivity index (χ0n) is 15.0. The van der Waals surface area contributed by atoms with Crippen molar-refractivity contribution in [3.63, 3.8) is 0 Å². The topological polar surface area (TPSA) is 112 Å². The van der Waals surface area contributed by atoms with Gasteiger partial charge in [-0.05, 0) is 26.7 Å². The first-order valence-electron chi connectivity index (χ1n) is 8.49. The van der Waals surface area contributed by atoms with Crippen LogP contribution in [0.5, 0.6) is 5.88 Å². The van der Waals surface area contributed by atoms with Crippen LogP contribution in [0, 0.1) is 0 Å². The summed E-state index contributed by atoms with van der Waals surface area (Å²) in [6.07, 6.45) is 0.295. The molecular weight excluding hydrogens is 344 g/mol. The molecule has 4 atom stereocenters. The molecule has 2 heterocycles. The quantitative estimate of drug-likeness (QED) is 0.508. The van der Waals surface area contributed by atoms with Gasteiger partial charge in [0.25, 0.3) is 0 Å². The fourth-order valence-corrected chi connectivity index (χ4v) is 3.91. The SMILES string of the molecule is CCCSc1nc(N[C@@H]2C[C@H](O)[C@H]3OC(C)(C)O[C@H]32)c(N)c(OC)n1. The number of nitrogens with two attached hydrogens (primary N) is 1. The van der Waals surface area contributed by atoms with E-state index in [1.807, 2.05) is 13.8 Å². The Hall–Kier alpha value is -1.29. The molecule has 1 saturated heterocycles. The van der Waals surface area contributed by atoms with Crippen LogP contribution in [0.25, 0.3) is 0 Å². The number of nitrogens with one attached hydrogen (secondary N) is 1. The van der Waals surface area contributed by atoms with E-state index in [2.05, 4.69) is 22.2 Å². The second-order valence-corrected chi connectivity index (χ2v) is 7.81. The summed E-state index contributed by atoms with van der Waals surface area (Å²) in [6, 6.07) is -0.160. The van der Waals surface area contributed by atoms with Crippen molar-refractivity contribution in [1.29, 1.82) is 0 Å². The zero-order valence-corrected chi connectivity index (χ0v) is 15.8. The molecule has 0 aromatic carbocycles. The molecule has 8 nitrogen and oxygen atoms in total. The molecule has 1 aromatic heterocycles. The van der Waals surface area contributed by atoms with Gasteiger partial charge in [-0.1, -0.05) is 18.7 Å². The smallest absolute Gasteiger partial charge is 0.243 e. The van der Waals surface area contributed by atoms with Crippen LogP contribution in [0.1, 0.15) is 33.6 Å². The van der Waals surface area contributed by atoms with Gasteiger partial charge in [0, 0.05) is 5.75 Å². The van der Waals surface area contributed by atoms with E-state index in [0.29, 0.717) is 29.0 Å². The summed E-state index contributed by atoms with van der Waals surface area (Å²) in [5, 5.41) is 14.2. The third-order valence-corrected chi connectivity index (χ3v) is 5.33. The van der Waals surface area contributed by atoms with E-state index in [4.69, 9.17) is 19.9 Å². The van der Waals surface area contributed by atoms with E-state index in [1.54, 1.807) is 11.8 Å². The standard InChI is InChI=1S/C16H26N4O4S/c1-5-6-25-15-19-13(10(17)14(20-15)22-4)18-8-7-9(21)12-11(8)23-16(2,3)24-12/h8-9,11-12,21H,5-7,17H2,1-4H3,(H,18,19,20)/t8-,9+,11+,12-/m1/s1. The minimum Gasteiger partial charge on any atom is -0.479 e. The maximum Gasteiger partial charge on any atom is 0.243 e. The molecule has 1 aromatic rings. The fraction of sp³-hybridized carbons (Fsp3) is 0.750. The Balaban J connectivity index is 1.82. The number of anilines is 2. The highest BCUT2D eigenvalue weighted by atomic mass is 32.2. The summed E-state index contributed by atoms with van der Waals surface area (Å²) >= 11 is 1.55. The molecular formula is C16H26N4O4S. The number of aromatic nitrogens is 2. The van der Waals surface area contributed by atoms with Gasteiger partial charge in [-0.3, -0.25) is 0 Å². The van der Waals surface area contributed by atoms with Gasteiger partial charge in [-0.15, -0.1) is 0 Å². The van der Waals surface area contributed by atoms with Crippen molar-refractivity contribution in [2.24, 2.45) is 0 Å². The number of aliphatic hydroxyl groups is 1. The van der Waals surface area contributed by atoms with E-state index >= 15 is 0 Å². The van der Waals surface area contributed by atoms with E-state index in [9.17, 15) is 5.11 Å². The number of rotatable bonds is 6. The number of fused-ring (bicyclic) bond motifs is 1. The number of aliphatic hydroxyl groups excluding tert-OH is 1. The molecule has 1 aliphatic carbocycles. The monoisotopic (exact) mass is 370 g/mol. The number of nitrogens with zero attached hydrogens (tertiary/aromatic N) is 2. The molecule has 25 heavy (non-hydrogen) atoms.